The molecule has 0 saturated carbocycles. The second-order valence-corrected chi connectivity index (χ2v) is 4.12. The van der Waals surface area contributed by atoms with E-state index in [1.165, 1.54) is 12.8 Å². The Hall–Kier alpha value is -0.940. The van der Waals surface area contributed by atoms with Gasteiger partial charge in [0.1, 0.15) is 0 Å². The summed E-state index contributed by atoms with van der Waals surface area (Å²) in [5.41, 5.74) is 0.876. The highest BCUT2D eigenvalue weighted by atomic mass is 16.3. The Bertz CT molecular complexity index is 293. The summed E-state index contributed by atoms with van der Waals surface area (Å²) in [6.07, 6.45) is 5.05. The second-order valence-electron chi connectivity index (χ2n) is 4.12. The molecule has 0 unspecified atom stereocenters. The molecule has 84 valence electrons. The van der Waals surface area contributed by atoms with Crippen molar-refractivity contribution in [2.75, 3.05) is 19.7 Å². The van der Waals surface area contributed by atoms with E-state index in [-0.39, 0.29) is 6.61 Å². The Morgan fingerprint density at radius 1 is 1.60 bits per heavy atom. The van der Waals surface area contributed by atoms with E-state index in [9.17, 15) is 0 Å². The van der Waals surface area contributed by atoms with Gasteiger partial charge in [0.05, 0.1) is 5.69 Å². The number of aliphatic hydroxyl groups excluding tert-OH is 1. The Labute approximate surface area is 89.5 Å². The number of nitrogens with one attached hydrogen (secondary N) is 1. The van der Waals surface area contributed by atoms with Crippen molar-refractivity contribution in [3.8, 4) is 0 Å². The van der Waals surface area contributed by atoms with E-state index in [2.05, 4.69) is 15.6 Å². The number of aromatic nitrogens is 3. The maximum absolute atomic E-state index is 8.76. The highest BCUT2D eigenvalue weighted by molar-refractivity contribution is 4.92. The quantitative estimate of drug-likeness (QED) is 0.723. The van der Waals surface area contributed by atoms with Gasteiger partial charge in [-0.15, -0.1) is 5.10 Å². The fourth-order valence-corrected chi connectivity index (χ4v) is 2.00. The number of nitrogens with zero attached hydrogens (tertiary/aromatic N) is 3. The normalized spacial score (nSPS) is 21.8. The maximum Gasteiger partial charge on any atom is 0.0849 e. The third-order valence-electron chi connectivity index (χ3n) is 2.80. The summed E-state index contributed by atoms with van der Waals surface area (Å²) in [5, 5.41) is 20.2. The molecule has 1 aromatic rings. The van der Waals surface area contributed by atoms with Crippen molar-refractivity contribution in [3.63, 3.8) is 0 Å². The second kappa shape index (κ2) is 5.23. The highest BCUT2D eigenvalue weighted by Gasteiger charge is 2.14. The first-order chi connectivity index (χ1) is 7.38. The predicted octanol–water partition coefficient (Wildman–Crippen LogP) is -0.188. The van der Waals surface area contributed by atoms with Crippen LogP contribution in [0.2, 0.25) is 0 Å². The van der Waals surface area contributed by atoms with Crippen molar-refractivity contribution in [2.45, 2.75) is 25.8 Å². The Balaban J connectivity index is 1.86. The number of rotatable bonds is 4. The molecule has 0 amide bonds. The lowest BCUT2D eigenvalue weighted by Gasteiger charge is -2.22. The fourth-order valence-electron chi connectivity index (χ4n) is 2.00. The molecule has 2 rings (SSSR count). The van der Waals surface area contributed by atoms with Gasteiger partial charge in [0, 0.05) is 25.8 Å². The third kappa shape index (κ3) is 3.00. The summed E-state index contributed by atoms with van der Waals surface area (Å²) >= 11 is 0. The van der Waals surface area contributed by atoms with Crippen LogP contribution in [0.4, 0.5) is 0 Å². The van der Waals surface area contributed by atoms with Gasteiger partial charge >= 0.3 is 0 Å². The summed E-state index contributed by atoms with van der Waals surface area (Å²) in [7, 11) is 0. The zero-order valence-corrected chi connectivity index (χ0v) is 8.89. The molecule has 1 fully saturated rings. The summed E-state index contributed by atoms with van der Waals surface area (Å²) in [6.45, 7) is 3.30. The van der Waals surface area contributed by atoms with Crippen molar-refractivity contribution < 1.29 is 5.11 Å². The molecule has 0 radical (unpaired) electrons. The molecular weight excluding hydrogens is 192 g/mol. The maximum atomic E-state index is 8.76. The molecule has 1 saturated heterocycles. The van der Waals surface area contributed by atoms with Crippen LogP contribution in [0.1, 0.15) is 18.5 Å². The molecule has 5 heteroatoms. The van der Waals surface area contributed by atoms with Crippen LogP contribution in [0.5, 0.6) is 0 Å². The van der Waals surface area contributed by atoms with Crippen molar-refractivity contribution in [2.24, 2.45) is 5.92 Å². The van der Waals surface area contributed by atoms with Gasteiger partial charge < -0.3 is 10.4 Å². The average Bonchev–Trinajstić information content (AvgIpc) is 2.68. The molecule has 0 bridgehead atoms. The SMILES string of the molecule is OCCc1cn(C[C@H]2CCCNC2)nn1. The molecule has 15 heavy (non-hydrogen) atoms. The van der Waals surface area contributed by atoms with E-state index in [0.29, 0.717) is 12.3 Å². The Morgan fingerprint density at radius 3 is 3.27 bits per heavy atom. The van der Waals surface area contributed by atoms with Gasteiger partial charge in [0.15, 0.2) is 0 Å². The van der Waals surface area contributed by atoms with Gasteiger partial charge in [-0.05, 0) is 31.8 Å². The summed E-state index contributed by atoms with van der Waals surface area (Å²) in [6, 6.07) is 0. The molecule has 0 spiro atoms. The van der Waals surface area contributed by atoms with Gasteiger partial charge in [-0.1, -0.05) is 5.21 Å². The zero-order chi connectivity index (χ0) is 10.5. The van der Waals surface area contributed by atoms with E-state index in [4.69, 9.17) is 5.11 Å². The van der Waals surface area contributed by atoms with E-state index in [1.807, 2.05) is 10.9 Å². The Kier molecular flexibility index (Phi) is 3.69. The van der Waals surface area contributed by atoms with Gasteiger partial charge in [-0.3, -0.25) is 4.68 Å². The van der Waals surface area contributed by atoms with Crippen LogP contribution >= 0.6 is 0 Å². The predicted molar refractivity (Wildman–Crippen MR) is 56.4 cm³/mol. The lowest BCUT2D eigenvalue weighted by atomic mass is 10.00. The van der Waals surface area contributed by atoms with Crippen LogP contribution in [0, 0.1) is 5.92 Å². The highest BCUT2D eigenvalue weighted by Crippen LogP contribution is 2.11. The number of hydrogen-bond acceptors (Lipinski definition) is 4. The van der Waals surface area contributed by atoms with Crippen LogP contribution in [0.15, 0.2) is 6.20 Å². The summed E-state index contributed by atoms with van der Waals surface area (Å²) < 4.78 is 1.89. The smallest absolute Gasteiger partial charge is 0.0849 e. The minimum Gasteiger partial charge on any atom is -0.396 e. The third-order valence-corrected chi connectivity index (χ3v) is 2.80. The molecule has 1 aliphatic rings. The number of piperidine rings is 1. The molecule has 1 aliphatic heterocycles. The van der Waals surface area contributed by atoms with Crippen LogP contribution in [-0.4, -0.2) is 39.8 Å². The monoisotopic (exact) mass is 210 g/mol. The van der Waals surface area contributed by atoms with E-state index in [1.54, 1.807) is 0 Å². The molecule has 2 heterocycles. The van der Waals surface area contributed by atoms with Crippen LogP contribution < -0.4 is 5.32 Å². The van der Waals surface area contributed by atoms with Crippen molar-refractivity contribution in [1.82, 2.24) is 20.3 Å². The van der Waals surface area contributed by atoms with Gasteiger partial charge in [-0.25, -0.2) is 0 Å². The number of aliphatic hydroxyl groups is 1. The zero-order valence-electron chi connectivity index (χ0n) is 8.89. The Morgan fingerprint density at radius 2 is 2.53 bits per heavy atom. The van der Waals surface area contributed by atoms with E-state index >= 15 is 0 Å². The molecule has 1 atom stereocenters. The summed E-state index contributed by atoms with van der Waals surface area (Å²) in [4.78, 5) is 0. The first-order valence-electron chi connectivity index (χ1n) is 5.59. The van der Waals surface area contributed by atoms with Crippen molar-refractivity contribution in [3.05, 3.63) is 11.9 Å². The van der Waals surface area contributed by atoms with Crippen molar-refractivity contribution >= 4 is 0 Å². The topological polar surface area (TPSA) is 63.0 Å². The van der Waals surface area contributed by atoms with E-state index < -0.39 is 0 Å². The van der Waals surface area contributed by atoms with Gasteiger partial charge in [0.2, 0.25) is 0 Å². The molecular formula is C10H18N4O. The standard InChI is InChI=1S/C10H18N4O/c15-5-3-10-8-14(13-12-10)7-9-2-1-4-11-6-9/h8-9,11,15H,1-7H2/t9-/m0/s1. The van der Waals surface area contributed by atoms with Crippen LogP contribution in [-0.2, 0) is 13.0 Å². The van der Waals surface area contributed by atoms with Crippen molar-refractivity contribution in [1.29, 1.82) is 0 Å². The first-order valence-corrected chi connectivity index (χ1v) is 5.59. The summed E-state index contributed by atoms with van der Waals surface area (Å²) in [5.74, 6) is 0.669. The molecule has 2 N–H and O–H groups in total. The van der Waals surface area contributed by atoms with E-state index in [0.717, 1.165) is 25.3 Å². The molecule has 0 aliphatic carbocycles. The van der Waals surface area contributed by atoms with Crippen LogP contribution in [0.3, 0.4) is 0 Å². The fraction of sp³-hybridized carbons (Fsp3) is 0.800. The molecule has 5 nitrogen and oxygen atoms in total. The van der Waals surface area contributed by atoms with Gasteiger partial charge in [0.25, 0.3) is 0 Å². The lowest BCUT2D eigenvalue weighted by molar-refractivity contribution is 0.298. The van der Waals surface area contributed by atoms with Gasteiger partial charge in [-0.2, -0.15) is 0 Å². The molecule has 1 aromatic heterocycles. The molecule has 0 aromatic carbocycles. The minimum atomic E-state index is 0.143. The first kappa shape index (κ1) is 10.6. The largest absolute Gasteiger partial charge is 0.396 e. The number of hydrogen-bond donors (Lipinski definition) is 2. The minimum absolute atomic E-state index is 0.143. The average molecular weight is 210 g/mol. The lowest BCUT2D eigenvalue weighted by Crippen LogP contribution is -2.32. The van der Waals surface area contributed by atoms with Crippen LogP contribution in [0.25, 0.3) is 0 Å².